The van der Waals surface area contributed by atoms with E-state index in [1.807, 2.05) is 19.1 Å². The van der Waals surface area contributed by atoms with E-state index in [0.29, 0.717) is 28.2 Å². The molecule has 160 valence electrons. The average molecular weight is 425 g/mol. The van der Waals surface area contributed by atoms with Crippen LogP contribution >= 0.6 is 12.2 Å². The Morgan fingerprint density at radius 1 is 0.933 bits per heavy atom. The molecule has 0 bridgehead atoms. The summed E-state index contributed by atoms with van der Waals surface area (Å²) >= 11 is 5.54. The number of hydrogen-bond donors (Lipinski definition) is 0. The van der Waals surface area contributed by atoms with Gasteiger partial charge in [-0.05, 0) is 78.7 Å². The Morgan fingerprint density at radius 2 is 1.70 bits per heavy atom. The number of benzene rings is 2. The molecule has 2 aromatic carbocycles. The van der Waals surface area contributed by atoms with E-state index >= 15 is 0 Å². The van der Waals surface area contributed by atoms with E-state index in [4.69, 9.17) is 16.6 Å². The maximum atomic E-state index is 14.8. The summed E-state index contributed by atoms with van der Waals surface area (Å²) in [6.45, 7) is 4.23. The average Bonchev–Trinajstić information content (AvgIpc) is 2.78. The zero-order valence-electron chi connectivity index (χ0n) is 18.3. The Kier molecular flexibility index (Phi) is 6.87. The van der Waals surface area contributed by atoms with Crippen LogP contribution in [0.1, 0.15) is 88.7 Å². The summed E-state index contributed by atoms with van der Waals surface area (Å²) in [6.07, 6.45) is 12.7. The molecule has 0 aliphatic heterocycles. The van der Waals surface area contributed by atoms with Crippen LogP contribution in [0, 0.1) is 16.4 Å². The Labute approximate surface area is 184 Å². The van der Waals surface area contributed by atoms with Crippen LogP contribution in [0.25, 0.3) is 21.7 Å². The predicted molar refractivity (Wildman–Crippen MR) is 127 cm³/mol. The van der Waals surface area contributed by atoms with Crippen LogP contribution in [0.4, 0.5) is 4.39 Å². The Balaban J connectivity index is 1.55. The molecule has 1 saturated carbocycles. The Morgan fingerprint density at radius 3 is 2.43 bits per heavy atom. The molecular weight excluding hydrogens is 391 g/mol. The number of halogens is 1. The van der Waals surface area contributed by atoms with E-state index < -0.39 is 0 Å². The van der Waals surface area contributed by atoms with Crippen LogP contribution in [-0.2, 0) is 6.42 Å². The molecule has 0 unspecified atom stereocenters. The van der Waals surface area contributed by atoms with E-state index in [9.17, 15) is 4.39 Å². The lowest BCUT2D eigenvalue weighted by molar-refractivity contribution is 0.302. The monoisotopic (exact) mass is 424 g/mol. The van der Waals surface area contributed by atoms with Gasteiger partial charge in [0.2, 0.25) is 0 Å². The first-order valence-corrected chi connectivity index (χ1v) is 12.2. The first kappa shape index (κ1) is 21.5. The number of unbranched alkanes of at least 4 members (excludes halogenated alkanes) is 3. The van der Waals surface area contributed by atoms with E-state index in [1.54, 1.807) is 0 Å². The number of rotatable bonds is 7. The van der Waals surface area contributed by atoms with E-state index in [2.05, 4.69) is 25.1 Å². The molecule has 0 N–H and O–H groups in total. The summed E-state index contributed by atoms with van der Waals surface area (Å²) < 4.78 is 21.0. The summed E-state index contributed by atoms with van der Waals surface area (Å²) in [5.74, 6) is 1.23. The molecule has 1 fully saturated rings. The molecule has 1 aliphatic carbocycles. The number of hydrogen-bond acceptors (Lipinski definition) is 2. The van der Waals surface area contributed by atoms with Gasteiger partial charge in [-0.1, -0.05) is 70.2 Å². The fraction of sp³-hybridized carbons (Fsp3) is 0.519. The number of aryl methyl sites for hydroxylation is 1. The predicted octanol–water partition coefficient (Wildman–Crippen LogP) is 9.26. The highest BCUT2D eigenvalue weighted by atomic mass is 32.1. The maximum Gasteiger partial charge on any atom is 0.198 e. The van der Waals surface area contributed by atoms with Crippen molar-refractivity contribution in [3.05, 3.63) is 52.0 Å². The molecule has 30 heavy (non-hydrogen) atoms. The third kappa shape index (κ3) is 4.32. The minimum atomic E-state index is -0.274. The quantitative estimate of drug-likeness (QED) is 0.213. The van der Waals surface area contributed by atoms with Gasteiger partial charge in [0.15, 0.2) is 16.1 Å². The molecule has 1 aliphatic rings. The molecule has 3 heteroatoms. The normalized spacial score (nSPS) is 19.6. The smallest absolute Gasteiger partial charge is 0.198 e. The van der Waals surface area contributed by atoms with Gasteiger partial charge in [-0.25, -0.2) is 4.39 Å². The summed E-state index contributed by atoms with van der Waals surface area (Å²) in [5, 5.41) is 2.76. The van der Waals surface area contributed by atoms with Gasteiger partial charge < -0.3 is 4.42 Å². The molecule has 1 aromatic heterocycles. The summed E-state index contributed by atoms with van der Waals surface area (Å²) in [4.78, 5) is 0. The van der Waals surface area contributed by atoms with Crippen molar-refractivity contribution in [1.82, 2.24) is 0 Å². The SMILES string of the molecule is CCCCCCC1CCC(c2ccc3c(c2)c(=S)oc2c(F)c(CC)ccc23)CC1. The fourth-order valence-electron chi connectivity index (χ4n) is 5.19. The van der Waals surface area contributed by atoms with Gasteiger partial charge in [-0.2, -0.15) is 0 Å². The molecular formula is C27H33FOS. The molecule has 0 amide bonds. The van der Waals surface area contributed by atoms with Crippen LogP contribution < -0.4 is 0 Å². The number of fused-ring (bicyclic) bond motifs is 3. The highest BCUT2D eigenvalue weighted by Crippen LogP contribution is 2.39. The van der Waals surface area contributed by atoms with Crippen LogP contribution in [0.5, 0.6) is 0 Å². The van der Waals surface area contributed by atoms with Crippen molar-refractivity contribution in [3.8, 4) is 0 Å². The second-order valence-corrected chi connectivity index (χ2v) is 9.40. The highest BCUT2D eigenvalue weighted by molar-refractivity contribution is 7.71. The second kappa shape index (κ2) is 9.60. The lowest BCUT2D eigenvalue weighted by Gasteiger charge is -2.29. The largest absolute Gasteiger partial charge is 0.441 e. The van der Waals surface area contributed by atoms with Crippen molar-refractivity contribution in [1.29, 1.82) is 0 Å². The third-order valence-corrected chi connectivity index (χ3v) is 7.39. The maximum absolute atomic E-state index is 14.8. The van der Waals surface area contributed by atoms with Gasteiger partial charge in [-0.3, -0.25) is 0 Å². The van der Waals surface area contributed by atoms with Gasteiger partial charge in [0.1, 0.15) is 0 Å². The van der Waals surface area contributed by atoms with Crippen molar-refractivity contribution >= 4 is 34.0 Å². The summed E-state index contributed by atoms with van der Waals surface area (Å²) in [5.41, 5.74) is 2.32. The van der Waals surface area contributed by atoms with Crippen molar-refractivity contribution in [2.75, 3.05) is 0 Å². The van der Waals surface area contributed by atoms with Crippen molar-refractivity contribution in [2.24, 2.45) is 5.92 Å². The zero-order valence-corrected chi connectivity index (χ0v) is 19.1. The molecule has 0 saturated heterocycles. The third-order valence-electron chi connectivity index (χ3n) is 7.09. The van der Waals surface area contributed by atoms with Gasteiger partial charge in [0.05, 0.1) is 0 Å². The van der Waals surface area contributed by atoms with Crippen LogP contribution in [0.2, 0.25) is 0 Å². The molecule has 1 nitrogen and oxygen atoms in total. The molecule has 3 aromatic rings. The standard InChI is InChI=1S/C27H33FOS/c1-3-5-6-7-8-18-9-11-20(12-10-18)21-14-15-22-23-16-13-19(4-2)25(28)26(23)29-27(30)24(22)17-21/h13-18,20H,3-12H2,1-2H3. The van der Waals surface area contributed by atoms with Gasteiger partial charge in [0.25, 0.3) is 0 Å². The van der Waals surface area contributed by atoms with Crippen molar-refractivity contribution in [3.63, 3.8) is 0 Å². The van der Waals surface area contributed by atoms with Gasteiger partial charge in [0, 0.05) is 10.8 Å². The minimum Gasteiger partial charge on any atom is -0.441 e. The van der Waals surface area contributed by atoms with Crippen molar-refractivity contribution < 1.29 is 8.81 Å². The van der Waals surface area contributed by atoms with E-state index in [-0.39, 0.29) is 5.82 Å². The summed E-state index contributed by atoms with van der Waals surface area (Å²) in [6, 6.07) is 10.4. The Hall–Kier alpha value is -1.74. The molecule has 0 spiro atoms. The van der Waals surface area contributed by atoms with Crippen molar-refractivity contribution in [2.45, 2.75) is 84.0 Å². The lowest BCUT2D eigenvalue weighted by atomic mass is 9.77. The van der Waals surface area contributed by atoms with Crippen LogP contribution in [0.15, 0.2) is 34.7 Å². The minimum absolute atomic E-state index is 0.274. The zero-order chi connectivity index (χ0) is 21.1. The van der Waals surface area contributed by atoms with Crippen LogP contribution in [-0.4, -0.2) is 0 Å². The highest BCUT2D eigenvalue weighted by Gasteiger charge is 2.23. The second-order valence-electron chi connectivity index (χ2n) is 9.03. The lowest BCUT2D eigenvalue weighted by Crippen LogP contribution is -2.13. The first-order valence-electron chi connectivity index (χ1n) is 11.8. The molecule has 0 atom stereocenters. The Bertz CT molecular complexity index is 1080. The van der Waals surface area contributed by atoms with Gasteiger partial charge >= 0.3 is 0 Å². The molecule has 4 rings (SSSR count). The van der Waals surface area contributed by atoms with Gasteiger partial charge in [-0.15, -0.1) is 0 Å². The fourth-order valence-corrected chi connectivity index (χ4v) is 5.45. The first-order chi connectivity index (χ1) is 14.6. The van der Waals surface area contributed by atoms with E-state index in [1.165, 1.54) is 63.4 Å². The van der Waals surface area contributed by atoms with E-state index in [0.717, 1.165) is 22.1 Å². The summed E-state index contributed by atoms with van der Waals surface area (Å²) in [7, 11) is 0. The van der Waals surface area contributed by atoms with Crippen LogP contribution in [0.3, 0.4) is 0 Å². The molecule has 1 heterocycles. The topological polar surface area (TPSA) is 13.1 Å². The molecule has 0 radical (unpaired) electrons.